The standard InChI is InChI=1S/C24H20N2O5S/c1-2-28-19-13-21-20(30-15-31-21)11-16(19)12-22-23(27)26(14-18-9-6-10-29-18)24(32-22)25-17-7-4-3-5-8-17/h3-13H,2,14-15H2,1H3/b22-12-,25-24?. The van der Waals surface area contributed by atoms with Crippen LogP contribution in [0.25, 0.3) is 6.08 Å². The lowest BCUT2D eigenvalue weighted by Crippen LogP contribution is -2.28. The van der Waals surface area contributed by atoms with E-state index in [-0.39, 0.29) is 12.7 Å². The Morgan fingerprint density at radius 3 is 2.69 bits per heavy atom. The number of para-hydroxylation sites is 1. The van der Waals surface area contributed by atoms with Gasteiger partial charge in [-0.05, 0) is 55.1 Å². The molecule has 0 unspecified atom stereocenters. The zero-order valence-corrected chi connectivity index (χ0v) is 18.1. The minimum Gasteiger partial charge on any atom is -0.493 e. The first-order valence-corrected chi connectivity index (χ1v) is 11.0. The molecule has 3 aromatic rings. The monoisotopic (exact) mass is 448 g/mol. The van der Waals surface area contributed by atoms with Crippen LogP contribution in [0.2, 0.25) is 0 Å². The molecule has 162 valence electrons. The number of thioether (sulfide) groups is 1. The largest absolute Gasteiger partial charge is 0.493 e. The second-order valence-corrected chi connectivity index (χ2v) is 8.00. The van der Waals surface area contributed by atoms with Gasteiger partial charge >= 0.3 is 0 Å². The molecule has 0 saturated carbocycles. The third-order valence-corrected chi connectivity index (χ3v) is 5.86. The third-order valence-electron chi connectivity index (χ3n) is 4.85. The highest BCUT2D eigenvalue weighted by Gasteiger charge is 2.34. The van der Waals surface area contributed by atoms with E-state index in [1.54, 1.807) is 23.3 Å². The number of amidine groups is 1. The molecule has 0 bridgehead atoms. The van der Waals surface area contributed by atoms with Gasteiger partial charge in [-0.1, -0.05) is 18.2 Å². The third kappa shape index (κ3) is 4.09. The lowest BCUT2D eigenvalue weighted by Gasteiger charge is -2.13. The maximum atomic E-state index is 13.4. The van der Waals surface area contributed by atoms with Crippen molar-refractivity contribution >= 4 is 34.6 Å². The number of hydrogen-bond acceptors (Lipinski definition) is 7. The minimum atomic E-state index is -0.152. The van der Waals surface area contributed by atoms with E-state index >= 15 is 0 Å². The number of rotatable bonds is 6. The van der Waals surface area contributed by atoms with Gasteiger partial charge in [0.05, 0.1) is 30.0 Å². The van der Waals surface area contributed by atoms with E-state index in [2.05, 4.69) is 0 Å². The summed E-state index contributed by atoms with van der Waals surface area (Å²) in [5, 5.41) is 0.586. The molecule has 1 fully saturated rings. The summed E-state index contributed by atoms with van der Waals surface area (Å²) in [7, 11) is 0. The van der Waals surface area contributed by atoms with Crippen LogP contribution in [0.4, 0.5) is 5.69 Å². The molecular weight excluding hydrogens is 428 g/mol. The van der Waals surface area contributed by atoms with Crippen LogP contribution in [0.15, 0.2) is 75.2 Å². The molecule has 2 aromatic carbocycles. The molecular formula is C24H20N2O5S. The van der Waals surface area contributed by atoms with Crippen molar-refractivity contribution in [3.8, 4) is 17.2 Å². The summed E-state index contributed by atoms with van der Waals surface area (Å²) in [5.74, 6) is 2.41. The van der Waals surface area contributed by atoms with Crippen LogP contribution in [-0.4, -0.2) is 29.4 Å². The first-order valence-electron chi connectivity index (χ1n) is 10.1. The van der Waals surface area contributed by atoms with Gasteiger partial charge in [0, 0.05) is 11.6 Å². The van der Waals surface area contributed by atoms with Crippen LogP contribution in [0, 0.1) is 0 Å². The van der Waals surface area contributed by atoms with Crippen LogP contribution >= 0.6 is 11.8 Å². The van der Waals surface area contributed by atoms with Gasteiger partial charge in [0.15, 0.2) is 16.7 Å². The molecule has 0 atom stereocenters. The zero-order valence-electron chi connectivity index (χ0n) is 17.3. The maximum Gasteiger partial charge on any atom is 0.267 e. The minimum absolute atomic E-state index is 0.152. The molecule has 0 aliphatic carbocycles. The Morgan fingerprint density at radius 2 is 1.94 bits per heavy atom. The number of carbonyl (C=O) groups excluding carboxylic acids is 1. The molecule has 32 heavy (non-hydrogen) atoms. The molecule has 0 N–H and O–H groups in total. The van der Waals surface area contributed by atoms with Crippen molar-refractivity contribution in [2.45, 2.75) is 13.5 Å². The van der Waals surface area contributed by atoms with Crippen molar-refractivity contribution in [3.05, 3.63) is 77.1 Å². The summed E-state index contributed by atoms with van der Waals surface area (Å²) >= 11 is 1.32. The molecule has 2 aliphatic rings. The van der Waals surface area contributed by atoms with Crippen LogP contribution < -0.4 is 14.2 Å². The van der Waals surface area contributed by atoms with E-state index in [1.165, 1.54) is 11.8 Å². The van der Waals surface area contributed by atoms with E-state index in [0.29, 0.717) is 46.2 Å². The van der Waals surface area contributed by atoms with Crippen molar-refractivity contribution in [2.75, 3.05) is 13.4 Å². The predicted octanol–water partition coefficient (Wildman–Crippen LogP) is 5.21. The number of fused-ring (bicyclic) bond motifs is 1. The lowest BCUT2D eigenvalue weighted by molar-refractivity contribution is -0.122. The molecule has 1 aromatic heterocycles. The van der Waals surface area contributed by atoms with Gasteiger partial charge in [-0.3, -0.25) is 9.69 Å². The summed E-state index contributed by atoms with van der Waals surface area (Å²) in [6.45, 7) is 2.86. The molecule has 1 amide bonds. The van der Waals surface area contributed by atoms with E-state index < -0.39 is 0 Å². The summed E-state index contributed by atoms with van der Waals surface area (Å²) in [6.07, 6.45) is 3.40. The van der Waals surface area contributed by atoms with Crippen LogP contribution in [0.5, 0.6) is 17.2 Å². The summed E-state index contributed by atoms with van der Waals surface area (Å²) in [5.41, 5.74) is 1.51. The normalized spacial score (nSPS) is 17.5. The number of ether oxygens (including phenoxy) is 3. The van der Waals surface area contributed by atoms with Crippen molar-refractivity contribution in [2.24, 2.45) is 4.99 Å². The number of hydrogen-bond donors (Lipinski definition) is 0. The first-order chi connectivity index (χ1) is 15.7. The smallest absolute Gasteiger partial charge is 0.267 e. The van der Waals surface area contributed by atoms with Crippen LogP contribution in [0.3, 0.4) is 0 Å². The number of aliphatic imine (C=N–C) groups is 1. The van der Waals surface area contributed by atoms with Gasteiger partial charge in [0.2, 0.25) is 6.79 Å². The Labute approximate surface area is 189 Å². The van der Waals surface area contributed by atoms with Crippen LogP contribution in [0.1, 0.15) is 18.2 Å². The van der Waals surface area contributed by atoms with Gasteiger partial charge in [-0.15, -0.1) is 0 Å². The zero-order chi connectivity index (χ0) is 21.9. The molecule has 5 rings (SSSR count). The highest BCUT2D eigenvalue weighted by Crippen LogP contribution is 2.41. The Balaban J connectivity index is 1.53. The summed E-state index contributed by atoms with van der Waals surface area (Å²) < 4.78 is 22.2. The van der Waals surface area contributed by atoms with Gasteiger partial charge in [0.1, 0.15) is 11.5 Å². The van der Waals surface area contributed by atoms with Gasteiger partial charge < -0.3 is 18.6 Å². The van der Waals surface area contributed by atoms with Crippen molar-refractivity contribution < 1.29 is 23.4 Å². The molecule has 7 nitrogen and oxygen atoms in total. The quantitative estimate of drug-likeness (QED) is 0.482. The number of nitrogens with zero attached hydrogens (tertiary/aromatic N) is 2. The van der Waals surface area contributed by atoms with E-state index in [1.807, 2.05) is 55.5 Å². The predicted molar refractivity (Wildman–Crippen MR) is 122 cm³/mol. The number of carbonyl (C=O) groups is 1. The molecule has 0 spiro atoms. The SMILES string of the molecule is CCOc1cc2c(cc1/C=C1\SC(=Nc3ccccc3)N(Cc3ccco3)C1=O)OCO2. The van der Waals surface area contributed by atoms with Gasteiger partial charge in [-0.2, -0.15) is 0 Å². The van der Waals surface area contributed by atoms with Crippen molar-refractivity contribution in [3.63, 3.8) is 0 Å². The molecule has 0 radical (unpaired) electrons. The Hall–Kier alpha value is -3.65. The average molecular weight is 449 g/mol. The fraction of sp³-hybridized carbons (Fsp3) is 0.167. The van der Waals surface area contributed by atoms with Gasteiger partial charge in [0.25, 0.3) is 5.91 Å². The average Bonchev–Trinajstić information content (AvgIpc) is 3.53. The highest BCUT2D eigenvalue weighted by atomic mass is 32.2. The molecule has 2 aliphatic heterocycles. The van der Waals surface area contributed by atoms with Gasteiger partial charge in [-0.25, -0.2) is 4.99 Å². The summed E-state index contributed by atoms with van der Waals surface area (Å²) in [6, 6.07) is 16.8. The van der Waals surface area contributed by atoms with Crippen molar-refractivity contribution in [1.82, 2.24) is 4.90 Å². The Kier molecular flexibility index (Phi) is 5.60. The molecule has 3 heterocycles. The Morgan fingerprint density at radius 1 is 1.12 bits per heavy atom. The second kappa shape index (κ2) is 8.84. The lowest BCUT2D eigenvalue weighted by atomic mass is 10.1. The second-order valence-electron chi connectivity index (χ2n) is 6.99. The molecule has 8 heteroatoms. The van der Waals surface area contributed by atoms with E-state index in [4.69, 9.17) is 23.6 Å². The number of furan rings is 1. The number of amides is 1. The van der Waals surface area contributed by atoms with Crippen LogP contribution in [-0.2, 0) is 11.3 Å². The first kappa shape index (κ1) is 20.3. The topological polar surface area (TPSA) is 73.5 Å². The fourth-order valence-corrected chi connectivity index (χ4v) is 4.36. The highest BCUT2D eigenvalue weighted by molar-refractivity contribution is 8.18. The van der Waals surface area contributed by atoms with E-state index in [0.717, 1.165) is 11.3 Å². The fourth-order valence-electron chi connectivity index (χ4n) is 3.38. The maximum absolute atomic E-state index is 13.4. The number of benzene rings is 2. The molecule has 1 saturated heterocycles. The van der Waals surface area contributed by atoms with E-state index in [9.17, 15) is 4.79 Å². The Bertz CT molecular complexity index is 1190. The summed E-state index contributed by atoms with van der Waals surface area (Å²) in [4.78, 5) is 20.2. The van der Waals surface area contributed by atoms with Crippen molar-refractivity contribution in [1.29, 1.82) is 0 Å².